The van der Waals surface area contributed by atoms with E-state index < -0.39 is 12.5 Å². The summed E-state index contributed by atoms with van der Waals surface area (Å²) < 4.78 is 36.4. The van der Waals surface area contributed by atoms with Gasteiger partial charge in [-0.25, -0.2) is 4.68 Å². The zero-order valence-electron chi connectivity index (χ0n) is 14.7. The highest BCUT2D eigenvalue weighted by Crippen LogP contribution is 2.26. The Morgan fingerprint density at radius 2 is 2.00 bits per heavy atom. The first-order valence-electron chi connectivity index (χ1n) is 8.20. The molecular formula is C19H16ClF2N3O3. The molecule has 0 saturated carbocycles. The number of rotatable bonds is 7. The van der Waals surface area contributed by atoms with Crippen LogP contribution in [0.4, 0.5) is 14.5 Å². The highest BCUT2D eigenvalue weighted by Gasteiger charge is 2.15. The van der Waals surface area contributed by atoms with Gasteiger partial charge in [0.25, 0.3) is 5.91 Å². The van der Waals surface area contributed by atoms with Crippen LogP contribution >= 0.6 is 11.6 Å². The summed E-state index contributed by atoms with van der Waals surface area (Å²) in [5.74, 6) is -0.0532. The number of aryl methyl sites for hydroxylation is 1. The lowest BCUT2D eigenvalue weighted by Gasteiger charge is -2.11. The van der Waals surface area contributed by atoms with Gasteiger partial charge >= 0.3 is 6.61 Å². The van der Waals surface area contributed by atoms with Gasteiger partial charge in [-0.05, 0) is 48.9 Å². The van der Waals surface area contributed by atoms with Crippen LogP contribution in [0.3, 0.4) is 0 Å². The Morgan fingerprint density at radius 3 is 2.75 bits per heavy atom. The molecule has 0 unspecified atom stereocenters. The van der Waals surface area contributed by atoms with Crippen molar-refractivity contribution >= 4 is 23.2 Å². The van der Waals surface area contributed by atoms with Gasteiger partial charge in [0.15, 0.2) is 12.4 Å². The molecule has 0 bridgehead atoms. The molecule has 3 aromatic rings. The van der Waals surface area contributed by atoms with E-state index in [0.29, 0.717) is 10.8 Å². The fourth-order valence-corrected chi connectivity index (χ4v) is 2.65. The molecule has 9 heteroatoms. The topological polar surface area (TPSA) is 65.4 Å². The zero-order valence-corrected chi connectivity index (χ0v) is 15.5. The summed E-state index contributed by atoms with van der Waals surface area (Å²) in [6, 6.07) is 12.6. The molecule has 0 saturated heterocycles. The van der Waals surface area contributed by atoms with E-state index in [9.17, 15) is 13.6 Å². The maximum Gasteiger partial charge on any atom is 0.387 e. The first-order chi connectivity index (χ1) is 13.4. The molecule has 1 aromatic heterocycles. The number of anilines is 1. The largest absolute Gasteiger partial charge is 0.471 e. The Kier molecular flexibility index (Phi) is 6.10. The number of carbonyl (C=O) groups excluding carboxylic acids is 1. The predicted molar refractivity (Wildman–Crippen MR) is 100 cm³/mol. The van der Waals surface area contributed by atoms with Gasteiger partial charge < -0.3 is 14.8 Å². The lowest BCUT2D eigenvalue weighted by atomic mass is 10.2. The van der Waals surface area contributed by atoms with Crippen LogP contribution in [-0.4, -0.2) is 22.3 Å². The normalized spacial score (nSPS) is 10.8. The van der Waals surface area contributed by atoms with E-state index in [1.54, 1.807) is 30.5 Å². The van der Waals surface area contributed by atoms with Crippen molar-refractivity contribution in [2.75, 3.05) is 5.32 Å². The molecule has 146 valence electrons. The van der Waals surface area contributed by atoms with Crippen molar-refractivity contribution in [3.05, 3.63) is 71.0 Å². The van der Waals surface area contributed by atoms with Crippen molar-refractivity contribution < 1.29 is 23.0 Å². The third-order valence-electron chi connectivity index (χ3n) is 3.71. The zero-order chi connectivity index (χ0) is 20.1. The quantitative estimate of drug-likeness (QED) is 0.614. The SMILES string of the molecule is Cc1cc(Cl)ccc1OCn1ccc(C(=O)Nc2ccccc2OC(F)F)n1. The fraction of sp³-hybridized carbons (Fsp3) is 0.158. The number of nitrogens with one attached hydrogen (secondary N) is 1. The van der Waals surface area contributed by atoms with Crippen LogP contribution in [0.1, 0.15) is 16.1 Å². The molecule has 0 fully saturated rings. The van der Waals surface area contributed by atoms with Gasteiger partial charge in [-0.1, -0.05) is 23.7 Å². The Labute approximate surface area is 164 Å². The molecule has 1 amide bonds. The molecule has 0 radical (unpaired) electrons. The van der Waals surface area contributed by atoms with Gasteiger partial charge in [-0.3, -0.25) is 4.79 Å². The van der Waals surface area contributed by atoms with Crippen molar-refractivity contribution in [1.29, 1.82) is 0 Å². The number of ether oxygens (including phenoxy) is 2. The summed E-state index contributed by atoms with van der Waals surface area (Å²) >= 11 is 5.91. The second-order valence-corrected chi connectivity index (χ2v) is 6.19. The molecule has 0 aliphatic heterocycles. The van der Waals surface area contributed by atoms with Gasteiger partial charge in [-0.15, -0.1) is 0 Å². The van der Waals surface area contributed by atoms with Crippen LogP contribution in [-0.2, 0) is 6.73 Å². The van der Waals surface area contributed by atoms with E-state index in [0.717, 1.165) is 5.56 Å². The third-order valence-corrected chi connectivity index (χ3v) is 3.95. The summed E-state index contributed by atoms with van der Waals surface area (Å²) in [7, 11) is 0. The average Bonchev–Trinajstić information content (AvgIpc) is 3.11. The van der Waals surface area contributed by atoms with Crippen LogP contribution in [0.2, 0.25) is 5.02 Å². The maximum atomic E-state index is 12.5. The summed E-state index contributed by atoms with van der Waals surface area (Å²) in [4.78, 5) is 12.3. The highest BCUT2D eigenvalue weighted by atomic mass is 35.5. The van der Waals surface area contributed by atoms with Crippen LogP contribution in [0.15, 0.2) is 54.7 Å². The molecule has 0 aliphatic carbocycles. The first kappa shape index (κ1) is 19.6. The van der Waals surface area contributed by atoms with E-state index in [2.05, 4.69) is 15.2 Å². The lowest BCUT2D eigenvalue weighted by Crippen LogP contribution is -2.15. The number of para-hydroxylation sites is 2. The van der Waals surface area contributed by atoms with Gasteiger partial charge in [-0.2, -0.15) is 13.9 Å². The van der Waals surface area contributed by atoms with Crippen molar-refractivity contribution in [2.45, 2.75) is 20.3 Å². The smallest absolute Gasteiger partial charge is 0.387 e. The Hall–Kier alpha value is -3.13. The van der Waals surface area contributed by atoms with E-state index in [1.165, 1.54) is 28.9 Å². The highest BCUT2D eigenvalue weighted by molar-refractivity contribution is 6.30. The molecule has 28 heavy (non-hydrogen) atoms. The molecule has 1 N–H and O–H groups in total. The summed E-state index contributed by atoms with van der Waals surface area (Å²) in [5.41, 5.74) is 1.09. The lowest BCUT2D eigenvalue weighted by molar-refractivity contribution is -0.0493. The van der Waals surface area contributed by atoms with Gasteiger partial charge in [0, 0.05) is 11.2 Å². The molecule has 0 spiro atoms. The number of hydrogen-bond donors (Lipinski definition) is 1. The Bertz CT molecular complexity index is 979. The van der Waals surface area contributed by atoms with Gasteiger partial charge in [0.05, 0.1) is 5.69 Å². The summed E-state index contributed by atoms with van der Waals surface area (Å²) in [6.07, 6.45) is 1.57. The summed E-state index contributed by atoms with van der Waals surface area (Å²) in [6.45, 7) is -1.05. The van der Waals surface area contributed by atoms with E-state index in [1.807, 2.05) is 6.92 Å². The third kappa shape index (κ3) is 4.98. The number of aromatic nitrogens is 2. The predicted octanol–water partition coefficient (Wildman–Crippen LogP) is 4.74. The maximum absolute atomic E-state index is 12.5. The molecule has 1 heterocycles. The number of carbonyl (C=O) groups is 1. The average molecular weight is 408 g/mol. The van der Waals surface area contributed by atoms with Crippen molar-refractivity contribution in [2.24, 2.45) is 0 Å². The van der Waals surface area contributed by atoms with E-state index in [-0.39, 0.29) is 23.9 Å². The second kappa shape index (κ2) is 8.71. The standard InChI is InChI=1S/C19H16ClF2N3O3/c1-12-10-13(20)6-7-16(12)27-11-25-9-8-15(24-25)18(26)23-14-4-2-3-5-17(14)28-19(21)22/h2-10,19H,11H2,1H3,(H,23,26). The molecule has 3 rings (SSSR count). The number of nitrogens with zero attached hydrogens (tertiary/aromatic N) is 2. The number of benzene rings is 2. The number of amides is 1. The number of hydrogen-bond acceptors (Lipinski definition) is 4. The number of halogens is 3. The van der Waals surface area contributed by atoms with Gasteiger partial charge in [0.2, 0.25) is 0 Å². The minimum Gasteiger partial charge on any atom is -0.471 e. The minimum atomic E-state index is -2.99. The van der Waals surface area contributed by atoms with Crippen LogP contribution in [0.25, 0.3) is 0 Å². The molecule has 6 nitrogen and oxygen atoms in total. The van der Waals surface area contributed by atoms with Crippen LogP contribution in [0.5, 0.6) is 11.5 Å². The van der Waals surface area contributed by atoms with Crippen molar-refractivity contribution in [1.82, 2.24) is 9.78 Å². The minimum absolute atomic E-state index is 0.0842. The second-order valence-electron chi connectivity index (χ2n) is 5.75. The Morgan fingerprint density at radius 1 is 1.21 bits per heavy atom. The van der Waals surface area contributed by atoms with Crippen molar-refractivity contribution in [3.8, 4) is 11.5 Å². The monoisotopic (exact) mass is 407 g/mol. The summed E-state index contributed by atoms with van der Waals surface area (Å²) in [5, 5.41) is 7.24. The first-order valence-corrected chi connectivity index (χ1v) is 8.58. The molecular weight excluding hydrogens is 392 g/mol. The molecule has 0 atom stereocenters. The Balaban J connectivity index is 1.64. The molecule has 2 aromatic carbocycles. The fourth-order valence-electron chi connectivity index (χ4n) is 2.42. The van der Waals surface area contributed by atoms with Crippen molar-refractivity contribution in [3.63, 3.8) is 0 Å². The number of alkyl halides is 2. The molecule has 0 aliphatic rings. The van der Waals surface area contributed by atoms with E-state index in [4.69, 9.17) is 16.3 Å². The van der Waals surface area contributed by atoms with Gasteiger partial charge in [0.1, 0.15) is 11.5 Å². The van der Waals surface area contributed by atoms with Crippen LogP contribution < -0.4 is 14.8 Å². The van der Waals surface area contributed by atoms with E-state index >= 15 is 0 Å². The van der Waals surface area contributed by atoms with Crippen LogP contribution in [0, 0.1) is 6.92 Å².